The summed E-state index contributed by atoms with van der Waals surface area (Å²) in [4.78, 5) is 14.2. The van der Waals surface area contributed by atoms with Gasteiger partial charge in [0.25, 0.3) is 0 Å². The van der Waals surface area contributed by atoms with E-state index in [1.807, 2.05) is 0 Å². The topological polar surface area (TPSA) is 63.9 Å². The Morgan fingerprint density at radius 2 is 2.04 bits per heavy atom. The minimum absolute atomic E-state index is 0.102. The number of thioether (sulfide) groups is 1. The average Bonchev–Trinajstić information content (AvgIpc) is 3.09. The Kier molecular flexibility index (Phi) is 6.08. The molecule has 0 saturated carbocycles. The molecule has 0 N–H and O–H groups in total. The third kappa shape index (κ3) is 4.84. The molecule has 0 radical (unpaired) electrons. The third-order valence-corrected chi connectivity index (χ3v) is 5.10. The Bertz CT molecular complexity index is 934. The summed E-state index contributed by atoms with van der Waals surface area (Å²) in [5.41, 5.74) is 1.48. The number of rotatable bonds is 6. The number of hydrogen-bond acceptors (Lipinski definition) is 5. The second-order valence-electron chi connectivity index (χ2n) is 5.93. The minimum Gasteiger partial charge on any atom is -0.340 e. The summed E-state index contributed by atoms with van der Waals surface area (Å²) in [6.07, 6.45) is 0. The lowest BCUT2D eigenvalue weighted by molar-refractivity contribution is -0.129. The van der Waals surface area contributed by atoms with Crippen molar-refractivity contribution in [3.05, 3.63) is 64.9 Å². The fourth-order valence-electron chi connectivity index (χ4n) is 2.50. The molecule has 6 nitrogen and oxygen atoms in total. The van der Waals surface area contributed by atoms with Gasteiger partial charge in [-0.25, -0.2) is 4.39 Å². The van der Waals surface area contributed by atoms with Gasteiger partial charge in [0.1, 0.15) is 5.82 Å². The molecular weight excluding hydrogens is 389 g/mol. The molecule has 1 amide bonds. The van der Waals surface area contributed by atoms with Crippen LogP contribution in [0, 0.1) is 5.82 Å². The van der Waals surface area contributed by atoms with Crippen LogP contribution >= 0.6 is 23.4 Å². The fourth-order valence-corrected chi connectivity index (χ4v) is 3.55. The minimum atomic E-state index is -0.416. The zero-order chi connectivity index (χ0) is 19.4. The molecule has 3 aromatic rings. The van der Waals surface area contributed by atoms with E-state index >= 15 is 0 Å². The first kappa shape index (κ1) is 19.3. The van der Waals surface area contributed by atoms with Gasteiger partial charge in [0.05, 0.1) is 10.9 Å². The fraction of sp³-hybridized carbons (Fsp3) is 0.222. The van der Waals surface area contributed by atoms with Crippen molar-refractivity contribution in [3.8, 4) is 5.69 Å². The molecule has 1 heterocycles. The van der Waals surface area contributed by atoms with Crippen LogP contribution in [0.5, 0.6) is 0 Å². The standard InChI is InChI=1S/C18H17ClFN5OS/c1-12(17(26)24(2)11-13-4-3-5-15(20)10-13)27-18-21-22-23-25(18)16-8-6-14(19)7-9-16/h3-10,12H,11H2,1-2H3/t12-/m0/s1. The van der Waals surface area contributed by atoms with Gasteiger partial charge in [0.2, 0.25) is 11.1 Å². The van der Waals surface area contributed by atoms with Crippen LogP contribution in [0.25, 0.3) is 5.69 Å². The van der Waals surface area contributed by atoms with Crippen molar-refractivity contribution in [2.45, 2.75) is 23.9 Å². The maximum absolute atomic E-state index is 13.3. The van der Waals surface area contributed by atoms with Crippen molar-refractivity contribution >= 4 is 29.3 Å². The summed E-state index contributed by atoms with van der Waals surface area (Å²) in [5, 5.41) is 12.4. The summed E-state index contributed by atoms with van der Waals surface area (Å²) >= 11 is 7.16. The highest BCUT2D eigenvalue weighted by Gasteiger charge is 2.22. The molecule has 0 unspecified atom stereocenters. The van der Waals surface area contributed by atoms with E-state index in [2.05, 4.69) is 15.5 Å². The molecule has 27 heavy (non-hydrogen) atoms. The van der Waals surface area contributed by atoms with Crippen molar-refractivity contribution in [2.75, 3.05) is 7.05 Å². The Labute approximate surface area is 165 Å². The van der Waals surface area contributed by atoms with Crippen molar-refractivity contribution in [2.24, 2.45) is 0 Å². The molecule has 3 rings (SSSR count). The Hall–Kier alpha value is -2.45. The molecule has 2 aromatic carbocycles. The number of aromatic nitrogens is 4. The number of benzene rings is 2. The van der Waals surface area contributed by atoms with Crippen molar-refractivity contribution < 1.29 is 9.18 Å². The molecular formula is C18H17ClFN5OS. The molecule has 0 fully saturated rings. The molecule has 0 aliphatic heterocycles. The number of hydrogen-bond donors (Lipinski definition) is 0. The Morgan fingerprint density at radius 3 is 2.74 bits per heavy atom. The third-order valence-electron chi connectivity index (χ3n) is 3.83. The number of carbonyl (C=O) groups excluding carboxylic acids is 1. The van der Waals surface area contributed by atoms with E-state index in [-0.39, 0.29) is 11.7 Å². The van der Waals surface area contributed by atoms with Gasteiger partial charge in [-0.15, -0.1) is 5.10 Å². The molecule has 0 aliphatic rings. The summed E-state index contributed by atoms with van der Waals surface area (Å²) in [7, 11) is 1.69. The highest BCUT2D eigenvalue weighted by atomic mass is 35.5. The van der Waals surface area contributed by atoms with Gasteiger partial charge in [-0.05, 0) is 59.3 Å². The number of halogens is 2. The van der Waals surface area contributed by atoms with Crippen molar-refractivity contribution in [3.63, 3.8) is 0 Å². The van der Waals surface area contributed by atoms with Crippen LogP contribution in [0.1, 0.15) is 12.5 Å². The van der Waals surface area contributed by atoms with Gasteiger partial charge < -0.3 is 4.90 Å². The summed E-state index contributed by atoms with van der Waals surface area (Å²) in [6.45, 7) is 2.11. The Balaban J connectivity index is 1.68. The number of tetrazole rings is 1. The van der Waals surface area contributed by atoms with E-state index in [0.717, 1.165) is 11.3 Å². The zero-order valence-corrected chi connectivity index (χ0v) is 16.3. The largest absolute Gasteiger partial charge is 0.340 e. The van der Waals surface area contributed by atoms with Crippen LogP contribution in [-0.4, -0.2) is 43.3 Å². The maximum Gasteiger partial charge on any atom is 0.235 e. The second-order valence-corrected chi connectivity index (χ2v) is 7.68. The molecule has 0 spiro atoms. The van der Waals surface area contributed by atoms with Gasteiger partial charge in [-0.2, -0.15) is 4.68 Å². The molecule has 9 heteroatoms. The SMILES string of the molecule is C[C@H](Sc1nnnn1-c1ccc(Cl)cc1)C(=O)N(C)Cc1cccc(F)c1. The normalized spacial score (nSPS) is 12.0. The van der Waals surface area contributed by atoms with E-state index < -0.39 is 5.25 Å². The van der Waals surface area contributed by atoms with Gasteiger partial charge >= 0.3 is 0 Å². The van der Waals surface area contributed by atoms with Crippen LogP contribution in [-0.2, 0) is 11.3 Å². The number of amides is 1. The molecule has 0 saturated heterocycles. The summed E-state index contributed by atoms with van der Waals surface area (Å²) in [5.74, 6) is -0.423. The van der Waals surface area contributed by atoms with Crippen LogP contribution < -0.4 is 0 Å². The van der Waals surface area contributed by atoms with E-state index in [1.54, 1.807) is 60.0 Å². The quantitative estimate of drug-likeness (QED) is 0.586. The molecule has 0 aliphatic carbocycles. The summed E-state index contributed by atoms with van der Waals surface area (Å²) in [6, 6.07) is 13.3. The van der Waals surface area contributed by atoms with E-state index in [9.17, 15) is 9.18 Å². The number of nitrogens with zero attached hydrogens (tertiary/aromatic N) is 5. The van der Waals surface area contributed by atoms with Crippen molar-refractivity contribution in [1.82, 2.24) is 25.1 Å². The van der Waals surface area contributed by atoms with Crippen LogP contribution in [0.15, 0.2) is 53.7 Å². The average molecular weight is 406 g/mol. The lowest BCUT2D eigenvalue weighted by Gasteiger charge is -2.21. The van der Waals surface area contributed by atoms with Crippen LogP contribution in [0.4, 0.5) is 4.39 Å². The van der Waals surface area contributed by atoms with E-state index in [1.165, 1.54) is 23.9 Å². The highest BCUT2D eigenvalue weighted by Crippen LogP contribution is 2.25. The lowest BCUT2D eigenvalue weighted by atomic mass is 10.2. The molecule has 140 valence electrons. The smallest absolute Gasteiger partial charge is 0.235 e. The van der Waals surface area contributed by atoms with Gasteiger partial charge in [0, 0.05) is 18.6 Å². The predicted molar refractivity (Wildman–Crippen MR) is 102 cm³/mol. The maximum atomic E-state index is 13.3. The predicted octanol–water partition coefficient (Wildman–Crippen LogP) is 3.59. The highest BCUT2D eigenvalue weighted by molar-refractivity contribution is 8.00. The molecule has 0 bridgehead atoms. The molecule has 1 atom stereocenters. The first-order valence-corrected chi connectivity index (χ1v) is 9.40. The second kappa shape index (κ2) is 8.49. The first-order chi connectivity index (χ1) is 12.9. The Morgan fingerprint density at radius 1 is 1.30 bits per heavy atom. The first-order valence-electron chi connectivity index (χ1n) is 8.14. The van der Waals surface area contributed by atoms with Gasteiger partial charge in [-0.3, -0.25) is 4.79 Å². The summed E-state index contributed by atoms with van der Waals surface area (Å²) < 4.78 is 14.9. The molecule has 1 aromatic heterocycles. The van der Waals surface area contributed by atoms with Crippen LogP contribution in [0.2, 0.25) is 5.02 Å². The van der Waals surface area contributed by atoms with Crippen LogP contribution in [0.3, 0.4) is 0 Å². The van der Waals surface area contributed by atoms with Gasteiger partial charge in [0.15, 0.2) is 0 Å². The number of carbonyl (C=O) groups is 1. The van der Waals surface area contributed by atoms with E-state index in [4.69, 9.17) is 11.6 Å². The van der Waals surface area contributed by atoms with Crippen molar-refractivity contribution in [1.29, 1.82) is 0 Å². The van der Waals surface area contributed by atoms with Gasteiger partial charge in [-0.1, -0.05) is 35.5 Å². The van der Waals surface area contributed by atoms with E-state index in [0.29, 0.717) is 16.7 Å². The zero-order valence-electron chi connectivity index (χ0n) is 14.7. The monoisotopic (exact) mass is 405 g/mol. The lowest BCUT2D eigenvalue weighted by Crippen LogP contribution is -2.33.